The van der Waals surface area contributed by atoms with E-state index in [9.17, 15) is 4.79 Å². The van der Waals surface area contributed by atoms with Crippen LogP contribution < -0.4 is 0 Å². The van der Waals surface area contributed by atoms with Crippen LogP contribution in [0.4, 0.5) is 0 Å². The lowest BCUT2D eigenvalue weighted by Crippen LogP contribution is -2.33. The van der Waals surface area contributed by atoms with E-state index in [1.165, 1.54) is 77.0 Å². The van der Waals surface area contributed by atoms with Crippen molar-refractivity contribution in [2.45, 2.75) is 204 Å². The molecule has 3 rings (SSSR count). The lowest BCUT2D eigenvalue weighted by atomic mass is 10.00. The second-order valence-electron chi connectivity index (χ2n) is 14.3. The number of carbonyl (C=O) groups is 1. The van der Waals surface area contributed by atoms with E-state index in [1.54, 1.807) is 14.2 Å². The molecule has 3 heterocycles. The molecule has 0 aromatic heterocycles. The molecule has 8 heteroatoms. The molecule has 0 bridgehead atoms. The molecule has 0 amide bonds. The lowest BCUT2D eigenvalue weighted by Gasteiger charge is -2.26. The summed E-state index contributed by atoms with van der Waals surface area (Å²) in [4.78, 5) is 12.0. The molecule has 274 valence electrons. The summed E-state index contributed by atoms with van der Waals surface area (Å²) in [7, 11) is 3.33. The fourth-order valence-corrected chi connectivity index (χ4v) is 7.53. The van der Waals surface area contributed by atoms with E-state index in [0.717, 1.165) is 69.8 Å². The Balaban J connectivity index is 1.26. The zero-order valence-corrected chi connectivity index (χ0v) is 30.6. The smallest absolute Gasteiger partial charge is 0.334 e. The first kappa shape index (κ1) is 40.4. The van der Waals surface area contributed by atoms with E-state index >= 15 is 0 Å². The Bertz CT molecular complexity index is 834. The van der Waals surface area contributed by atoms with Gasteiger partial charge in [-0.05, 0) is 57.9 Å². The number of methoxy groups -OCH3 is 2. The Hall–Kier alpha value is -1.03. The summed E-state index contributed by atoms with van der Waals surface area (Å²) in [5, 5.41) is 0. The van der Waals surface area contributed by atoms with Gasteiger partial charge in [-0.1, -0.05) is 103 Å². The lowest BCUT2D eigenvalue weighted by molar-refractivity contribution is -0.142. The third-order valence-electron chi connectivity index (χ3n) is 10.2. The van der Waals surface area contributed by atoms with E-state index in [4.69, 9.17) is 33.2 Å². The fraction of sp³-hybridized carbons (Fsp3) is 0.923. The van der Waals surface area contributed by atoms with Crippen LogP contribution in [-0.2, 0) is 38.0 Å². The number of cyclic esters (lactones) is 1. The molecule has 3 aliphatic heterocycles. The molecular weight excluding hydrogens is 596 g/mol. The first-order chi connectivity index (χ1) is 23.0. The van der Waals surface area contributed by atoms with Crippen LogP contribution in [0.5, 0.6) is 0 Å². The summed E-state index contributed by atoms with van der Waals surface area (Å²) >= 11 is 0. The van der Waals surface area contributed by atoms with E-state index in [-0.39, 0.29) is 49.4 Å². The van der Waals surface area contributed by atoms with Gasteiger partial charge in [-0.2, -0.15) is 0 Å². The van der Waals surface area contributed by atoms with E-state index in [0.29, 0.717) is 19.3 Å². The van der Waals surface area contributed by atoms with Gasteiger partial charge in [0.25, 0.3) is 0 Å². The largest absolute Gasteiger partial charge is 0.455 e. The number of esters is 1. The van der Waals surface area contributed by atoms with Gasteiger partial charge in [0.15, 0.2) is 0 Å². The molecule has 0 N–H and O–H groups in total. The van der Waals surface area contributed by atoms with Crippen molar-refractivity contribution in [3.05, 3.63) is 11.6 Å². The molecule has 2 saturated heterocycles. The molecule has 0 radical (unpaired) electrons. The van der Waals surface area contributed by atoms with Gasteiger partial charge < -0.3 is 33.2 Å². The van der Waals surface area contributed by atoms with Crippen LogP contribution in [0.2, 0.25) is 0 Å². The normalized spacial score (nSPS) is 25.7. The molecule has 0 unspecified atom stereocenters. The average molecular weight is 667 g/mol. The zero-order valence-electron chi connectivity index (χ0n) is 30.6. The molecule has 47 heavy (non-hydrogen) atoms. The van der Waals surface area contributed by atoms with Crippen molar-refractivity contribution >= 4 is 5.97 Å². The quantitative estimate of drug-likeness (QED) is 0.0444. The van der Waals surface area contributed by atoms with Gasteiger partial charge in [0.1, 0.15) is 19.7 Å². The molecule has 0 spiro atoms. The maximum absolute atomic E-state index is 12.0. The monoisotopic (exact) mass is 667 g/mol. The highest BCUT2D eigenvalue weighted by molar-refractivity contribution is 5.90. The van der Waals surface area contributed by atoms with Crippen molar-refractivity contribution in [1.82, 2.24) is 0 Å². The molecule has 3 aliphatic rings. The van der Waals surface area contributed by atoms with Gasteiger partial charge >= 0.3 is 5.97 Å². The summed E-state index contributed by atoms with van der Waals surface area (Å²) in [5.74, 6) is -0.216. The molecule has 0 aromatic carbocycles. The van der Waals surface area contributed by atoms with Crippen molar-refractivity contribution in [3.8, 4) is 0 Å². The highest BCUT2D eigenvalue weighted by Crippen LogP contribution is 2.35. The number of unbranched alkanes of at least 4 members (excludes halogenated alkanes) is 13. The predicted octanol–water partition coefficient (Wildman–Crippen LogP) is 9.36. The Morgan fingerprint density at radius 1 is 0.723 bits per heavy atom. The molecular formula is C39H70O8. The van der Waals surface area contributed by atoms with Crippen molar-refractivity contribution in [2.75, 3.05) is 27.8 Å². The Kier molecular flexibility index (Phi) is 21.5. The summed E-state index contributed by atoms with van der Waals surface area (Å²) in [6, 6.07) is 0. The minimum atomic E-state index is -0.216. The van der Waals surface area contributed by atoms with Crippen molar-refractivity contribution in [3.63, 3.8) is 0 Å². The fourth-order valence-electron chi connectivity index (χ4n) is 7.53. The standard InChI is InChI=1S/C39H70O8/c1-5-6-7-8-9-10-11-12-13-14-15-19-22-35(44-30-42-4)36-25-26-38(47-36)37-24-23-33(46-37)20-17-16-18-21-34(43-29-41-3)28-32-27-31(2)45-39(32)40/h27,31,33-38H,5-26,28-30H2,1-4H3/t31-,33-,34+,35+,36+,37+,38+/m0/s1. The van der Waals surface area contributed by atoms with Crippen LogP contribution in [0.25, 0.3) is 0 Å². The highest BCUT2D eigenvalue weighted by atomic mass is 16.7. The van der Waals surface area contributed by atoms with Gasteiger partial charge in [0.2, 0.25) is 0 Å². The van der Waals surface area contributed by atoms with Crippen LogP contribution in [-0.4, -0.2) is 76.5 Å². The Labute approximate surface area is 287 Å². The first-order valence-electron chi connectivity index (χ1n) is 19.5. The molecule has 8 nitrogen and oxygen atoms in total. The SMILES string of the molecule is CCCCCCCCCCCCCC[C@@H](OCOC)[C@H]1CC[C@H]([C@H]2CC[C@H](CCCCC[C@H](CC3=C[C@H](C)OC3=O)OCOC)O2)O1. The summed E-state index contributed by atoms with van der Waals surface area (Å²) in [6.07, 6.45) is 30.2. The molecule has 0 aliphatic carbocycles. The van der Waals surface area contributed by atoms with Crippen molar-refractivity contribution in [2.24, 2.45) is 0 Å². The van der Waals surface area contributed by atoms with Crippen LogP contribution in [0.15, 0.2) is 11.6 Å². The van der Waals surface area contributed by atoms with E-state index in [2.05, 4.69) is 6.92 Å². The van der Waals surface area contributed by atoms with Gasteiger partial charge in [0, 0.05) is 26.2 Å². The second-order valence-corrected chi connectivity index (χ2v) is 14.3. The van der Waals surface area contributed by atoms with E-state index < -0.39 is 0 Å². The topological polar surface area (TPSA) is 81.7 Å². The summed E-state index contributed by atoms with van der Waals surface area (Å²) < 4.78 is 40.8. The van der Waals surface area contributed by atoms with Crippen LogP contribution in [0.1, 0.15) is 162 Å². The van der Waals surface area contributed by atoms with Crippen LogP contribution in [0.3, 0.4) is 0 Å². The highest BCUT2D eigenvalue weighted by Gasteiger charge is 2.39. The van der Waals surface area contributed by atoms with Crippen LogP contribution in [0, 0.1) is 0 Å². The zero-order chi connectivity index (χ0) is 33.5. The molecule has 0 saturated carbocycles. The number of hydrogen-bond acceptors (Lipinski definition) is 8. The first-order valence-corrected chi connectivity index (χ1v) is 19.5. The summed E-state index contributed by atoms with van der Waals surface area (Å²) in [6.45, 7) is 4.74. The average Bonchev–Trinajstić information content (AvgIpc) is 3.81. The van der Waals surface area contributed by atoms with Gasteiger partial charge in [-0.15, -0.1) is 0 Å². The Morgan fingerprint density at radius 3 is 1.98 bits per heavy atom. The van der Waals surface area contributed by atoms with Crippen molar-refractivity contribution < 1.29 is 38.0 Å². The summed E-state index contributed by atoms with van der Waals surface area (Å²) in [5.41, 5.74) is 0.723. The Morgan fingerprint density at radius 2 is 1.32 bits per heavy atom. The maximum atomic E-state index is 12.0. The van der Waals surface area contributed by atoms with Crippen LogP contribution >= 0.6 is 0 Å². The van der Waals surface area contributed by atoms with Crippen molar-refractivity contribution in [1.29, 1.82) is 0 Å². The number of hydrogen-bond donors (Lipinski definition) is 0. The second kappa shape index (κ2) is 25.0. The minimum absolute atomic E-state index is 0.0324. The van der Waals surface area contributed by atoms with Gasteiger partial charge in [-0.3, -0.25) is 0 Å². The predicted molar refractivity (Wildman–Crippen MR) is 186 cm³/mol. The molecule has 7 atom stereocenters. The number of ether oxygens (including phenoxy) is 7. The molecule has 2 fully saturated rings. The minimum Gasteiger partial charge on any atom is -0.455 e. The van der Waals surface area contributed by atoms with Gasteiger partial charge in [0.05, 0.1) is 36.6 Å². The third kappa shape index (κ3) is 16.5. The third-order valence-corrected chi connectivity index (χ3v) is 10.2. The molecule has 0 aromatic rings. The number of rotatable bonds is 29. The van der Waals surface area contributed by atoms with Gasteiger partial charge in [-0.25, -0.2) is 4.79 Å². The maximum Gasteiger partial charge on any atom is 0.334 e. The van der Waals surface area contributed by atoms with E-state index in [1.807, 2.05) is 13.0 Å². The number of carbonyl (C=O) groups excluding carboxylic acids is 1.